The summed E-state index contributed by atoms with van der Waals surface area (Å²) < 4.78 is 0. The molecule has 0 aromatic carbocycles. The van der Waals surface area contributed by atoms with Crippen LogP contribution in [0.3, 0.4) is 0 Å². The van der Waals surface area contributed by atoms with Crippen molar-refractivity contribution in [2.24, 2.45) is 5.92 Å². The number of piperidine rings is 1. The fraction of sp³-hybridized carbons (Fsp3) is 0.765. The number of rotatable bonds is 4. The molecular formula is C17H30N2S. The van der Waals surface area contributed by atoms with E-state index in [1.165, 1.54) is 30.8 Å². The fourth-order valence-electron chi connectivity index (χ4n) is 3.04. The van der Waals surface area contributed by atoms with Gasteiger partial charge in [0.15, 0.2) is 0 Å². The van der Waals surface area contributed by atoms with E-state index in [9.17, 15) is 0 Å². The summed E-state index contributed by atoms with van der Waals surface area (Å²) in [5.74, 6) is 0.647. The standard InChI is InChI=1S/C17H30N2S/c1-13(2)16(15-7-6-12-20-15)18-14-8-10-19(11-9-14)17(3,4)5/h6-7,12-14,16,18H,8-11H2,1-5H3. The van der Waals surface area contributed by atoms with Crippen molar-refractivity contribution in [3.05, 3.63) is 22.4 Å². The van der Waals surface area contributed by atoms with Crippen molar-refractivity contribution in [2.75, 3.05) is 13.1 Å². The molecular weight excluding hydrogens is 264 g/mol. The lowest BCUT2D eigenvalue weighted by Crippen LogP contribution is -2.50. The van der Waals surface area contributed by atoms with Gasteiger partial charge in [-0.25, -0.2) is 0 Å². The second kappa shape index (κ2) is 6.59. The molecule has 2 nitrogen and oxygen atoms in total. The predicted octanol–water partition coefficient (Wildman–Crippen LogP) is 4.30. The van der Waals surface area contributed by atoms with Crippen LogP contribution in [-0.4, -0.2) is 29.6 Å². The number of thiophene rings is 1. The van der Waals surface area contributed by atoms with Crippen LogP contribution in [0.15, 0.2) is 17.5 Å². The van der Waals surface area contributed by atoms with Crippen molar-refractivity contribution in [2.45, 2.75) is 65.1 Å². The Hall–Kier alpha value is -0.380. The molecule has 2 heterocycles. The van der Waals surface area contributed by atoms with Gasteiger partial charge >= 0.3 is 0 Å². The molecule has 1 aliphatic heterocycles. The molecule has 3 heteroatoms. The van der Waals surface area contributed by atoms with Crippen LogP contribution in [0.4, 0.5) is 0 Å². The van der Waals surface area contributed by atoms with E-state index in [-0.39, 0.29) is 0 Å². The third-order valence-electron chi connectivity index (χ3n) is 4.38. The topological polar surface area (TPSA) is 15.3 Å². The van der Waals surface area contributed by atoms with Gasteiger partial charge in [-0.2, -0.15) is 0 Å². The zero-order valence-electron chi connectivity index (χ0n) is 13.6. The van der Waals surface area contributed by atoms with E-state index in [1.807, 2.05) is 11.3 Å². The summed E-state index contributed by atoms with van der Waals surface area (Å²) in [4.78, 5) is 4.10. The van der Waals surface area contributed by atoms with Gasteiger partial charge in [-0.15, -0.1) is 11.3 Å². The zero-order valence-corrected chi connectivity index (χ0v) is 14.5. The third-order valence-corrected chi connectivity index (χ3v) is 5.33. The predicted molar refractivity (Wildman–Crippen MR) is 89.4 cm³/mol. The van der Waals surface area contributed by atoms with Crippen molar-refractivity contribution >= 4 is 11.3 Å². The van der Waals surface area contributed by atoms with E-state index >= 15 is 0 Å². The van der Waals surface area contributed by atoms with Crippen LogP contribution in [0.1, 0.15) is 58.4 Å². The Bertz CT molecular complexity index is 384. The smallest absolute Gasteiger partial charge is 0.0440 e. The molecule has 1 aliphatic rings. The van der Waals surface area contributed by atoms with Gasteiger partial charge in [0.1, 0.15) is 0 Å². The summed E-state index contributed by atoms with van der Waals surface area (Å²) in [6, 6.07) is 5.62. The van der Waals surface area contributed by atoms with E-state index in [1.54, 1.807) is 0 Å². The lowest BCUT2D eigenvalue weighted by Gasteiger charge is -2.42. The van der Waals surface area contributed by atoms with Crippen molar-refractivity contribution in [1.29, 1.82) is 0 Å². The molecule has 0 saturated carbocycles. The van der Waals surface area contributed by atoms with Crippen molar-refractivity contribution in [3.63, 3.8) is 0 Å². The number of hydrogen-bond acceptors (Lipinski definition) is 3. The molecule has 1 atom stereocenters. The molecule has 1 aromatic heterocycles. The molecule has 0 aliphatic carbocycles. The highest BCUT2D eigenvalue weighted by Gasteiger charge is 2.28. The summed E-state index contributed by atoms with van der Waals surface area (Å²) in [5.41, 5.74) is 0.316. The SMILES string of the molecule is CC(C)C(NC1CCN(C(C)(C)C)CC1)c1cccs1. The molecule has 1 unspecified atom stereocenters. The van der Waals surface area contributed by atoms with E-state index in [4.69, 9.17) is 0 Å². The molecule has 114 valence electrons. The average Bonchev–Trinajstić information content (AvgIpc) is 2.88. The molecule has 1 aromatic rings. The molecule has 1 fully saturated rings. The van der Waals surface area contributed by atoms with Crippen LogP contribution in [-0.2, 0) is 0 Å². The summed E-state index contributed by atoms with van der Waals surface area (Å²) in [7, 11) is 0. The van der Waals surface area contributed by atoms with Crippen LogP contribution >= 0.6 is 11.3 Å². The first-order chi connectivity index (χ1) is 9.38. The van der Waals surface area contributed by atoms with Gasteiger partial charge in [-0.3, -0.25) is 4.90 Å². The highest BCUT2D eigenvalue weighted by atomic mass is 32.1. The normalized spacial score (nSPS) is 20.5. The molecule has 0 spiro atoms. The largest absolute Gasteiger partial charge is 0.306 e. The number of nitrogens with zero attached hydrogens (tertiary/aromatic N) is 1. The van der Waals surface area contributed by atoms with Crippen molar-refractivity contribution in [1.82, 2.24) is 10.2 Å². The minimum Gasteiger partial charge on any atom is -0.306 e. The lowest BCUT2D eigenvalue weighted by molar-refractivity contribution is 0.0921. The van der Waals surface area contributed by atoms with Gasteiger partial charge in [0.25, 0.3) is 0 Å². The molecule has 0 amide bonds. The molecule has 1 saturated heterocycles. The zero-order chi connectivity index (χ0) is 14.8. The van der Waals surface area contributed by atoms with Gasteiger partial charge < -0.3 is 5.32 Å². The Morgan fingerprint density at radius 1 is 1.25 bits per heavy atom. The minimum atomic E-state index is 0.316. The van der Waals surface area contributed by atoms with E-state index < -0.39 is 0 Å². The quantitative estimate of drug-likeness (QED) is 0.891. The van der Waals surface area contributed by atoms with E-state index in [0.717, 1.165) is 0 Å². The first kappa shape index (κ1) is 16.0. The molecule has 0 radical (unpaired) electrons. The summed E-state index contributed by atoms with van der Waals surface area (Å²) >= 11 is 1.88. The van der Waals surface area contributed by atoms with Crippen LogP contribution in [0, 0.1) is 5.92 Å². The van der Waals surface area contributed by atoms with Gasteiger partial charge in [0, 0.05) is 35.6 Å². The monoisotopic (exact) mass is 294 g/mol. The molecule has 2 rings (SSSR count). The Labute approximate surface area is 128 Å². The highest BCUT2D eigenvalue weighted by Crippen LogP contribution is 2.28. The van der Waals surface area contributed by atoms with Crippen molar-refractivity contribution < 1.29 is 0 Å². The van der Waals surface area contributed by atoms with Gasteiger partial charge in [0.05, 0.1) is 0 Å². The Balaban J connectivity index is 1.91. The maximum Gasteiger partial charge on any atom is 0.0440 e. The number of hydrogen-bond donors (Lipinski definition) is 1. The molecule has 20 heavy (non-hydrogen) atoms. The van der Waals surface area contributed by atoms with Crippen LogP contribution in [0.25, 0.3) is 0 Å². The maximum atomic E-state index is 3.91. The van der Waals surface area contributed by atoms with E-state index in [2.05, 4.69) is 62.3 Å². The Morgan fingerprint density at radius 2 is 1.90 bits per heavy atom. The third kappa shape index (κ3) is 4.06. The first-order valence-electron chi connectivity index (χ1n) is 7.92. The summed E-state index contributed by atoms with van der Waals surface area (Å²) in [6.07, 6.45) is 2.54. The summed E-state index contributed by atoms with van der Waals surface area (Å²) in [6.45, 7) is 14.0. The first-order valence-corrected chi connectivity index (χ1v) is 8.80. The average molecular weight is 295 g/mol. The van der Waals surface area contributed by atoms with Gasteiger partial charge in [-0.05, 0) is 51.0 Å². The van der Waals surface area contributed by atoms with Crippen molar-refractivity contribution in [3.8, 4) is 0 Å². The van der Waals surface area contributed by atoms with E-state index in [0.29, 0.717) is 23.5 Å². The molecule has 0 bridgehead atoms. The van der Waals surface area contributed by atoms with Gasteiger partial charge in [-0.1, -0.05) is 19.9 Å². The second-order valence-electron chi connectivity index (χ2n) is 7.34. The minimum absolute atomic E-state index is 0.316. The van der Waals surface area contributed by atoms with Gasteiger partial charge in [0.2, 0.25) is 0 Å². The highest BCUT2D eigenvalue weighted by molar-refractivity contribution is 7.10. The Kier molecular flexibility index (Phi) is 5.27. The van der Waals surface area contributed by atoms with Crippen LogP contribution in [0.5, 0.6) is 0 Å². The second-order valence-corrected chi connectivity index (χ2v) is 8.32. The van der Waals surface area contributed by atoms with Crippen LogP contribution < -0.4 is 5.32 Å². The molecule has 1 N–H and O–H groups in total. The number of likely N-dealkylation sites (tertiary alicyclic amines) is 1. The fourth-order valence-corrected chi connectivity index (χ4v) is 4.00. The van der Waals surface area contributed by atoms with Crippen LogP contribution in [0.2, 0.25) is 0 Å². The number of nitrogens with one attached hydrogen (secondary N) is 1. The lowest BCUT2D eigenvalue weighted by atomic mass is 9.95. The summed E-state index contributed by atoms with van der Waals surface area (Å²) in [5, 5.41) is 6.10. The maximum absolute atomic E-state index is 3.91. The Morgan fingerprint density at radius 3 is 2.35 bits per heavy atom.